The SMILES string of the molecule is CN1C(C(=O)C2=COC=C(C3=CC=CCC3)O2)=C(O)c2ccccc2S1(=O)=O. The molecule has 1 N–H and O–H groups in total. The van der Waals surface area contributed by atoms with E-state index in [1.807, 2.05) is 18.2 Å². The van der Waals surface area contributed by atoms with Gasteiger partial charge in [0.25, 0.3) is 15.8 Å². The smallest absolute Gasteiger partial charge is 0.265 e. The number of hydrogen-bond acceptors (Lipinski definition) is 6. The van der Waals surface area contributed by atoms with Crippen LogP contribution in [0, 0.1) is 0 Å². The van der Waals surface area contributed by atoms with E-state index in [0.717, 1.165) is 29.0 Å². The third kappa shape index (κ3) is 2.82. The standard InChI is InChI=1S/C20H17NO6S/c1-21-18(19(22)14-9-5-6-10-17(14)28(21,24)25)20(23)16-12-26-11-15(27-16)13-7-3-2-4-8-13/h2-3,5-7,9-12,22H,4,8H2,1H3. The van der Waals surface area contributed by atoms with E-state index in [9.17, 15) is 18.3 Å². The monoisotopic (exact) mass is 399 g/mol. The predicted molar refractivity (Wildman–Crippen MR) is 101 cm³/mol. The molecular formula is C20H17NO6S. The number of aliphatic hydroxyl groups is 1. The molecule has 3 aliphatic rings. The normalized spacial score (nSPS) is 20.3. The predicted octanol–water partition coefficient (Wildman–Crippen LogP) is 3.12. The van der Waals surface area contributed by atoms with Crippen LogP contribution in [0.25, 0.3) is 5.76 Å². The molecule has 0 aromatic heterocycles. The quantitative estimate of drug-likeness (QED) is 0.839. The van der Waals surface area contributed by atoms with E-state index in [0.29, 0.717) is 5.76 Å². The molecular weight excluding hydrogens is 382 g/mol. The number of nitrogens with zero attached hydrogens (tertiary/aromatic N) is 1. The number of rotatable bonds is 3. The van der Waals surface area contributed by atoms with Crippen LogP contribution in [0.1, 0.15) is 18.4 Å². The molecule has 1 aromatic rings. The van der Waals surface area contributed by atoms with Crippen molar-refractivity contribution in [1.82, 2.24) is 4.31 Å². The zero-order valence-corrected chi connectivity index (χ0v) is 15.8. The van der Waals surface area contributed by atoms with Gasteiger partial charge < -0.3 is 14.6 Å². The second kappa shape index (κ2) is 6.72. The fraction of sp³-hybridized carbons (Fsp3) is 0.150. The van der Waals surface area contributed by atoms with Gasteiger partial charge in [0.2, 0.25) is 5.76 Å². The van der Waals surface area contributed by atoms with Crippen LogP contribution in [0.2, 0.25) is 0 Å². The molecule has 1 aliphatic carbocycles. The van der Waals surface area contributed by atoms with Gasteiger partial charge in [0.15, 0.2) is 11.5 Å². The summed E-state index contributed by atoms with van der Waals surface area (Å²) in [5.41, 5.74) is 0.526. The number of benzene rings is 1. The summed E-state index contributed by atoms with van der Waals surface area (Å²) >= 11 is 0. The molecule has 0 bridgehead atoms. The van der Waals surface area contributed by atoms with Gasteiger partial charge in [-0.3, -0.25) is 9.10 Å². The lowest BCUT2D eigenvalue weighted by atomic mass is 10.0. The van der Waals surface area contributed by atoms with Crippen LogP contribution in [0.3, 0.4) is 0 Å². The summed E-state index contributed by atoms with van der Waals surface area (Å²) in [6.45, 7) is 0. The first-order chi connectivity index (χ1) is 13.4. The van der Waals surface area contributed by atoms with Gasteiger partial charge in [-0.1, -0.05) is 30.4 Å². The molecule has 28 heavy (non-hydrogen) atoms. The first-order valence-electron chi connectivity index (χ1n) is 8.57. The fourth-order valence-corrected chi connectivity index (χ4v) is 4.57. The van der Waals surface area contributed by atoms with Crippen LogP contribution < -0.4 is 0 Å². The highest BCUT2D eigenvalue weighted by atomic mass is 32.2. The van der Waals surface area contributed by atoms with E-state index in [1.54, 1.807) is 12.1 Å². The lowest BCUT2D eigenvalue weighted by Crippen LogP contribution is -2.36. The number of aliphatic hydroxyl groups excluding tert-OH is 1. The third-order valence-electron chi connectivity index (χ3n) is 4.66. The molecule has 4 rings (SSSR count). The maximum Gasteiger partial charge on any atom is 0.265 e. The number of carbonyl (C=O) groups excluding carboxylic acids is 1. The molecule has 2 heterocycles. The van der Waals surface area contributed by atoms with Crippen LogP contribution in [-0.4, -0.2) is 30.7 Å². The Labute approximate surface area is 162 Å². The van der Waals surface area contributed by atoms with Crippen molar-refractivity contribution in [2.45, 2.75) is 17.7 Å². The van der Waals surface area contributed by atoms with Gasteiger partial charge in [0.05, 0.1) is 4.90 Å². The second-order valence-corrected chi connectivity index (χ2v) is 8.29. The summed E-state index contributed by atoms with van der Waals surface area (Å²) in [6, 6.07) is 5.96. The molecule has 0 saturated heterocycles. The Morgan fingerprint density at radius 2 is 2.00 bits per heavy atom. The average molecular weight is 399 g/mol. The summed E-state index contributed by atoms with van der Waals surface area (Å²) in [5.74, 6) is -1.07. The molecule has 0 spiro atoms. The maximum atomic E-state index is 13.0. The van der Waals surface area contributed by atoms with Gasteiger partial charge >= 0.3 is 0 Å². The Hall–Kier alpha value is -3.26. The maximum absolute atomic E-state index is 13.0. The second-order valence-electron chi connectivity index (χ2n) is 6.36. The molecule has 2 aliphatic heterocycles. The fourth-order valence-electron chi connectivity index (χ4n) is 3.17. The summed E-state index contributed by atoms with van der Waals surface area (Å²) in [5, 5.41) is 10.6. The summed E-state index contributed by atoms with van der Waals surface area (Å²) in [4.78, 5) is 13.0. The molecule has 0 saturated carbocycles. The van der Waals surface area contributed by atoms with E-state index in [4.69, 9.17) is 9.47 Å². The number of hydrogen-bond donors (Lipinski definition) is 1. The van der Waals surface area contributed by atoms with Gasteiger partial charge in [-0.05, 0) is 30.5 Å². The molecule has 0 unspecified atom stereocenters. The molecule has 1 aromatic carbocycles. The van der Waals surface area contributed by atoms with Crippen molar-refractivity contribution in [2.24, 2.45) is 0 Å². The molecule has 0 fully saturated rings. The zero-order chi connectivity index (χ0) is 19.9. The van der Waals surface area contributed by atoms with Crippen LogP contribution in [-0.2, 0) is 24.3 Å². The molecule has 8 heteroatoms. The Balaban J connectivity index is 1.71. The van der Waals surface area contributed by atoms with E-state index >= 15 is 0 Å². The molecule has 0 atom stereocenters. The summed E-state index contributed by atoms with van der Waals surface area (Å²) < 4.78 is 37.2. The largest absolute Gasteiger partial charge is 0.505 e. The van der Waals surface area contributed by atoms with Crippen molar-refractivity contribution in [3.05, 3.63) is 83.4 Å². The van der Waals surface area contributed by atoms with E-state index in [-0.39, 0.29) is 16.2 Å². The van der Waals surface area contributed by atoms with E-state index < -0.39 is 27.3 Å². The van der Waals surface area contributed by atoms with Gasteiger partial charge in [0.1, 0.15) is 18.2 Å². The number of Topliss-reactive ketones (excluding diaryl/α,β-unsaturated/α-hetero) is 1. The van der Waals surface area contributed by atoms with Crippen LogP contribution >= 0.6 is 0 Å². The molecule has 144 valence electrons. The average Bonchev–Trinajstić information content (AvgIpc) is 2.73. The van der Waals surface area contributed by atoms with Crippen molar-refractivity contribution >= 4 is 21.6 Å². The Morgan fingerprint density at radius 1 is 1.21 bits per heavy atom. The third-order valence-corrected chi connectivity index (χ3v) is 6.47. The highest BCUT2D eigenvalue weighted by molar-refractivity contribution is 7.89. The number of ketones is 1. The lowest BCUT2D eigenvalue weighted by Gasteiger charge is -2.29. The summed E-state index contributed by atoms with van der Waals surface area (Å²) in [7, 11) is -2.77. The van der Waals surface area contributed by atoms with Gasteiger partial charge in [-0.15, -0.1) is 0 Å². The first-order valence-corrected chi connectivity index (χ1v) is 10.0. The van der Waals surface area contributed by atoms with Gasteiger partial charge in [-0.25, -0.2) is 8.42 Å². The summed E-state index contributed by atoms with van der Waals surface area (Å²) in [6.07, 6.45) is 9.79. The van der Waals surface area contributed by atoms with Crippen molar-refractivity contribution < 1.29 is 27.8 Å². The molecule has 0 amide bonds. The van der Waals surface area contributed by atoms with Crippen LogP contribution in [0.5, 0.6) is 0 Å². The van der Waals surface area contributed by atoms with Gasteiger partial charge in [-0.2, -0.15) is 0 Å². The number of carbonyl (C=O) groups is 1. The topological polar surface area (TPSA) is 93.1 Å². The van der Waals surface area contributed by atoms with Crippen molar-refractivity contribution in [1.29, 1.82) is 0 Å². The minimum Gasteiger partial charge on any atom is -0.505 e. The number of likely N-dealkylation sites (N-methyl/N-ethyl adjacent to an activating group) is 1. The van der Waals surface area contributed by atoms with Crippen LogP contribution in [0.4, 0.5) is 0 Å². The minimum atomic E-state index is -3.98. The Kier molecular flexibility index (Phi) is 4.35. The Bertz CT molecular complexity index is 1120. The zero-order valence-electron chi connectivity index (χ0n) is 15.0. The molecule has 7 nitrogen and oxygen atoms in total. The van der Waals surface area contributed by atoms with Gasteiger partial charge in [0, 0.05) is 12.6 Å². The number of ether oxygens (including phenoxy) is 2. The van der Waals surface area contributed by atoms with Crippen molar-refractivity contribution in [2.75, 3.05) is 7.05 Å². The van der Waals surface area contributed by atoms with Crippen molar-refractivity contribution in [3.63, 3.8) is 0 Å². The Morgan fingerprint density at radius 3 is 2.75 bits per heavy atom. The molecule has 0 radical (unpaired) electrons. The van der Waals surface area contributed by atoms with E-state index in [1.165, 1.54) is 25.4 Å². The minimum absolute atomic E-state index is 0.0668. The highest BCUT2D eigenvalue weighted by Gasteiger charge is 2.39. The first kappa shape index (κ1) is 18.1. The highest BCUT2D eigenvalue weighted by Crippen LogP contribution is 2.36. The number of sulfonamides is 1. The van der Waals surface area contributed by atoms with Crippen molar-refractivity contribution in [3.8, 4) is 0 Å². The lowest BCUT2D eigenvalue weighted by molar-refractivity contribution is -0.116. The number of fused-ring (bicyclic) bond motifs is 1. The number of allylic oxidation sites excluding steroid dienone is 4. The van der Waals surface area contributed by atoms with Crippen LogP contribution in [0.15, 0.2) is 82.7 Å². The van der Waals surface area contributed by atoms with E-state index in [2.05, 4.69) is 0 Å².